The molecule has 0 spiro atoms. The number of amides is 1. The minimum atomic E-state index is -0.432. The number of nitrogens with two attached hydrogens (primary N) is 1. The lowest BCUT2D eigenvalue weighted by Crippen LogP contribution is -2.44. The molecule has 1 aromatic carbocycles. The normalized spacial score (nSPS) is 15.2. The van der Waals surface area contributed by atoms with Crippen molar-refractivity contribution >= 4 is 28.9 Å². The third-order valence-corrected chi connectivity index (χ3v) is 2.97. The van der Waals surface area contributed by atoms with E-state index in [1.165, 1.54) is 0 Å². The number of rotatable bonds is 2. The third kappa shape index (κ3) is 2.29. The fraction of sp³-hybridized carbons (Fsp3) is 0.167. The lowest BCUT2D eigenvalue weighted by atomic mass is 10.1. The number of hydrogen-bond acceptors (Lipinski definition) is 2. The molecule has 0 saturated carbocycles. The van der Waals surface area contributed by atoms with Crippen LogP contribution in [0.15, 0.2) is 36.0 Å². The Balaban J connectivity index is 2.43. The Morgan fingerprint density at radius 3 is 2.82 bits per heavy atom. The van der Waals surface area contributed by atoms with Gasteiger partial charge in [-0.15, -0.1) is 0 Å². The molecule has 0 saturated heterocycles. The molecule has 0 aliphatic carbocycles. The standard InChI is InChI=1S/C12H13N3OS/c1-8-4-2-3-5-10(8)15-7-9(11(13)16)6-14-12(15)17/h2-5,7H,6H2,1H3,(H2,13,16)(H,14,17). The van der Waals surface area contributed by atoms with Crippen molar-refractivity contribution in [2.24, 2.45) is 5.73 Å². The van der Waals surface area contributed by atoms with Gasteiger partial charge in [-0.3, -0.25) is 9.69 Å². The highest BCUT2D eigenvalue weighted by Crippen LogP contribution is 2.22. The second kappa shape index (κ2) is 4.55. The van der Waals surface area contributed by atoms with Gasteiger partial charge in [-0.25, -0.2) is 0 Å². The van der Waals surface area contributed by atoms with E-state index in [-0.39, 0.29) is 0 Å². The SMILES string of the molecule is Cc1ccccc1N1C=C(C(N)=O)CNC1=S. The first-order valence-corrected chi connectivity index (χ1v) is 5.63. The van der Waals surface area contributed by atoms with Gasteiger partial charge in [0.1, 0.15) is 0 Å². The van der Waals surface area contributed by atoms with Crippen LogP contribution in [0.5, 0.6) is 0 Å². The van der Waals surface area contributed by atoms with Crippen molar-refractivity contribution in [2.45, 2.75) is 6.92 Å². The van der Waals surface area contributed by atoms with Crippen molar-refractivity contribution < 1.29 is 4.79 Å². The number of hydrogen-bond donors (Lipinski definition) is 2. The van der Waals surface area contributed by atoms with Crippen LogP contribution in [0, 0.1) is 6.92 Å². The fourth-order valence-electron chi connectivity index (χ4n) is 1.68. The average Bonchev–Trinajstić information content (AvgIpc) is 2.30. The Hall–Kier alpha value is -1.88. The summed E-state index contributed by atoms with van der Waals surface area (Å²) in [6.45, 7) is 2.38. The molecule has 0 atom stereocenters. The summed E-state index contributed by atoms with van der Waals surface area (Å²) in [5.41, 5.74) is 7.82. The molecule has 1 heterocycles. The van der Waals surface area contributed by atoms with Crippen molar-refractivity contribution in [3.8, 4) is 0 Å². The number of para-hydroxylation sites is 1. The summed E-state index contributed by atoms with van der Waals surface area (Å²) >= 11 is 5.23. The number of primary amides is 1. The van der Waals surface area contributed by atoms with Gasteiger partial charge in [0.05, 0.1) is 11.3 Å². The lowest BCUT2D eigenvalue weighted by molar-refractivity contribution is -0.114. The molecule has 0 bridgehead atoms. The molecule has 0 unspecified atom stereocenters. The van der Waals surface area contributed by atoms with Gasteiger partial charge in [0, 0.05) is 12.7 Å². The van der Waals surface area contributed by atoms with Crippen molar-refractivity contribution in [1.82, 2.24) is 5.32 Å². The average molecular weight is 247 g/mol. The number of carbonyl (C=O) groups excluding carboxylic acids is 1. The minimum Gasteiger partial charge on any atom is -0.366 e. The Bertz CT molecular complexity index is 510. The summed E-state index contributed by atoms with van der Waals surface area (Å²) in [7, 11) is 0. The highest BCUT2D eigenvalue weighted by atomic mass is 32.1. The van der Waals surface area contributed by atoms with Gasteiger partial charge in [0.2, 0.25) is 5.91 Å². The fourth-order valence-corrected chi connectivity index (χ4v) is 1.90. The van der Waals surface area contributed by atoms with Gasteiger partial charge in [0.15, 0.2) is 5.11 Å². The number of anilines is 1. The highest BCUT2D eigenvalue weighted by Gasteiger charge is 2.19. The summed E-state index contributed by atoms with van der Waals surface area (Å²) in [5.74, 6) is -0.432. The number of carbonyl (C=O) groups is 1. The van der Waals surface area contributed by atoms with E-state index < -0.39 is 5.91 Å². The Kier molecular flexibility index (Phi) is 3.10. The predicted molar refractivity (Wildman–Crippen MR) is 71.5 cm³/mol. The molecular weight excluding hydrogens is 234 g/mol. The third-order valence-electron chi connectivity index (χ3n) is 2.63. The Morgan fingerprint density at radius 2 is 2.18 bits per heavy atom. The minimum absolute atomic E-state index is 0.385. The van der Waals surface area contributed by atoms with E-state index in [0.717, 1.165) is 11.3 Å². The van der Waals surface area contributed by atoms with Crippen LogP contribution in [-0.4, -0.2) is 17.6 Å². The van der Waals surface area contributed by atoms with Crippen LogP contribution in [0.4, 0.5) is 5.69 Å². The van der Waals surface area contributed by atoms with E-state index in [1.54, 1.807) is 11.1 Å². The van der Waals surface area contributed by atoms with Crippen molar-refractivity contribution in [3.05, 3.63) is 41.6 Å². The molecule has 2 rings (SSSR count). The second-order valence-corrected chi connectivity index (χ2v) is 4.22. The van der Waals surface area contributed by atoms with Gasteiger partial charge in [-0.05, 0) is 30.8 Å². The Labute approximate surface area is 105 Å². The van der Waals surface area contributed by atoms with Crippen LogP contribution < -0.4 is 16.0 Å². The summed E-state index contributed by atoms with van der Waals surface area (Å²) in [6.07, 6.45) is 1.70. The molecule has 0 fully saturated rings. The molecule has 0 aromatic heterocycles. The first kappa shape index (κ1) is 11.6. The maximum Gasteiger partial charge on any atom is 0.247 e. The molecule has 1 aliphatic heterocycles. The van der Waals surface area contributed by atoms with Crippen LogP contribution in [-0.2, 0) is 4.79 Å². The van der Waals surface area contributed by atoms with Gasteiger partial charge >= 0.3 is 0 Å². The van der Waals surface area contributed by atoms with Crippen LogP contribution >= 0.6 is 12.2 Å². The summed E-state index contributed by atoms with van der Waals surface area (Å²) in [5, 5.41) is 3.55. The first-order valence-electron chi connectivity index (χ1n) is 5.23. The first-order chi connectivity index (χ1) is 8.09. The highest BCUT2D eigenvalue weighted by molar-refractivity contribution is 7.80. The van der Waals surface area contributed by atoms with Crippen molar-refractivity contribution in [3.63, 3.8) is 0 Å². The van der Waals surface area contributed by atoms with E-state index in [1.807, 2.05) is 31.2 Å². The maximum absolute atomic E-state index is 11.2. The van der Waals surface area contributed by atoms with E-state index in [2.05, 4.69) is 5.32 Å². The number of aryl methyl sites for hydroxylation is 1. The molecule has 1 aliphatic rings. The zero-order chi connectivity index (χ0) is 12.4. The number of thiocarbonyl (C=S) groups is 1. The monoisotopic (exact) mass is 247 g/mol. The summed E-state index contributed by atoms with van der Waals surface area (Å²) in [4.78, 5) is 12.9. The molecule has 1 amide bonds. The maximum atomic E-state index is 11.2. The topological polar surface area (TPSA) is 58.4 Å². The molecule has 0 radical (unpaired) electrons. The van der Waals surface area contributed by atoms with Crippen molar-refractivity contribution in [2.75, 3.05) is 11.4 Å². The Morgan fingerprint density at radius 1 is 1.47 bits per heavy atom. The molecule has 4 nitrogen and oxygen atoms in total. The zero-order valence-corrected chi connectivity index (χ0v) is 10.3. The summed E-state index contributed by atoms with van der Waals surface area (Å²) < 4.78 is 0. The largest absolute Gasteiger partial charge is 0.366 e. The van der Waals surface area contributed by atoms with Gasteiger partial charge in [-0.2, -0.15) is 0 Å². The summed E-state index contributed by atoms with van der Waals surface area (Å²) in [6, 6.07) is 7.82. The molecule has 17 heavy (non-hydrogen) atoms. The molecule has 5 heteroatoms. The van der Waals surface area contributed by atoms with E-state index in [0.29, 0.717) is 17.2 Å². The van der Waals surface area contributed by atoms with E-state index in [9.17, 15) is 4.79 Å². The van der Waals surface area contributed by atoms with E-state index >= 15 is 0 Å². The van der Waals surface area contributed by atoms with Crippen LogP contribution in [0.25, 0.3) is 0 Å². The van der Waals surface area contributed by atoms with Gasteiger partial charge in [0.25, 0.3) is 0 Å². The quantitative estimate of drug-likeness (QED) is 0.767. The second-order valence-electron chi connectivity index (χ2n) is 3.83. The smallest absolute Gasteiger partial charge is 0.247 e. The van der Waals surface area contributed by atoms with Gasteiger partial charge in [-0.1, -0.05) is 18.2 Å². The predicted octanol–water partition coefficient (Wildman–Crippen LogP) is 1.06. The number of nitrogens with one attached hydrogen (secondary N) is 1. The molecule has 1 aromatic rings. The van der Waals surface area contributed by atoms with Crippen LogP contribution in [0.3, 0.4) is 0 Å². The van der Waals surface area contributed by atoms with E-state index in [4.69, 9.17) is 18.0 Å². The zero-order valence-electron chi connectivity index (χ0n) is 9.43. The number of nitrogens with zero attached hydrogens (tertiary/aromatic N) is 1. The van der Waals surface area contributed by atoms with Crippen LogP contribution in [0.2, 0.25) is 0 Å². The molecule has 3 N–H and O–H groups in total. The van der Waals surface area contributed by atoms with Crippen molar-refractivity contribution in [1.29, 1.82) is 0 Å². The molecular formula is C12H13N3OS. The lowest BCUT2D eigenvalue weighted by Gasteiger charge is -2.28. The molecule has 88 valence electrons. The van der Waals surface area contributed by atoms with Gasteiger partial charge < -0.3 is 11.1 Å². The number of benzene rings is 1. The van der Waals surface area contributed by atoms with Crippen LogP contribution in [0.1, 0.15) is 5.56 Å².